The summed E-state index contributed by atoms with van der Waals surface area (Å²) in [7, 11) is 0. The molecule has 1 saturated heterocycles. The molecule has 0 spiro atoms. The normalized spacial score (nSPS) is 20.0. The van der Waals surface area contributed by atoms with Crippen LogP contribution in [0.2, 0.25) is 5.02 Å². The molecule has 1 unspecified atom stereocenters. The average molecular weight is 439 g/mol. The molecule has 2 aromatic carbocycles. The zero-order chi connectivity index (χ0) is 22.0. The minimum atomic E-state index is -0.253. The zero-order valence-corrected chi connectivity index (χ0v) is 18.4. The van der Waals surface area contributed by atoms with Crippen molar-refractivity contribution < 1.29 is 9.59 Å². The first-order chi connectivity index (χ1) is 14.9. The number of aryl methyl sites for hydroxylation is 1. The molecule has 6 nitrogen and oxygen atoms in total. The molecule has 162 valence electrons. The van der Waals surface area contributed by atoms with E-state index in [4.69, 9.17) is 22.4 Å². The molecule has 2 amide bonds. The summed E-state index contributed by atoms with van der Waals surface area (Å²) in [4.78, 5) is 26.8. The summed E-state index contributed by atoms with van der Waals surface area (Å²) >= 11 is 6.49. The van der Waals surface area contributed by atoms with Crippen LogP contribution in [0, 0.1) is 12.8 Å². The Kier molecular flexibility index (Phi) is 6.39. The molecule has 1 atom stereocenters. The third-order valence-electron chi connectivity index (χ3n) is 6.13. The number of carbonyl (C=O) groups is 2. The lowest BCUT2D eigenvalue weighted by Gasteiger charge is -2.31. The maximum Gasteiger partial charge on any atom is 0.257 e. The number of rotatable bonds is 5. The van der Waals surface area contributed by atoms with E-state index < -0.39 is 0 Å². The number of piperidine rings is 1. The van der Waals surface area contributed by atoms with Gasteiger partial charge in [-0.2, -0.15) is 5.10 Å². The number of likely N-dealkylation sites (tertiary alicyclic amines) is 1. The van der Waals surface area contributed by atoms with Gasteiger partial charge in [0.1, 0.15) is 0 Å². The number of nitrogens with zero attached hydrogens (tertiary/aromatic N) is 3. The van der Waals surface area contributed by atoms with E-state index in [0.717, 1.165) is 22.4 Å². The standard InChI is InChI=1S/C24H27ClN4O2/c1-16-5-4-6-18(13-16)21-14-22(19-7-2-3-8-20(19)25)29(27-21)23(30)15-28-11-9-17(10-12-28)24(26)31/h2-8,13,17,22H,9-12,14-15H2,1H3,(H2,26,31). The summed E-state index contributed by atoms with van der Waals surface area (Å²) in [6.45, 7) is 3.66. The molecule has 2 heterocycles. The van der Waals surface area contributed by atoms with Gasteiger partial charge in [-0.1, -0.05) is 59.6 Å². The van der Waals surface area contributed by atoms with E-state index in [1.165, 1.54) is 0 Å². The Bertz CT molecular complexity index is 1010. The Morgan fingerprint density at radius 3 is 2.55 bits per heavy atom. The smallest absolute Gasteiger partial charge is 0.257 e. The highest BCUT2D eigenvalue weighted by molar-refractivity contribution is 6.31. The van der Waals surface area contributed by atoms with Crippen LogP contribution >= 0.6 is 11.6 Å². The Balaban J connectivity index is 1.56. The molecule has 2 N–H and O–H groups in total. The van der Waals surface area contributed by atoms with Crippen LogP contribution in [0.25, 0.3) is 0 Å². The van der Waals surface area contributed by atoms with Crippen LogP contribution < -0.4 is 5.73 Å². The second-order valence-electron chi connectivity index (χ2n) is 8.35. The Morgan fingerprint density at radius 1 is 1.13 bits per heavy atom. The number of primary amides is 1. The van der Waals surface area contributed by atoms with Crippen molar-refractivity contribution in [1.82, 2.24) is 9.91 Å². The molecule has 31 heavy (non-hydrogen) atoms. The topological polar surface area (TPSA) is 79.0 Å². The Hall–Kier alpha value is -2.70. The Labute approximate surface area is 187 Å². The Morgan fingerprint density at radius 2 is 1.87 bits per heavy atom. The van der Waals surface area contributed by atoms with Crippen LogP contribution in [0.5, 0.6) is 0 Å². The average Bonchev–Trinajstić information content (AvgIpc) is 3.20. The highest BCUT2D eigenvalue weighted by Crippen LogP contribution is 2.36. The predicted octanol–water partition coefficient (Wildman–Crippen LogP) is 3.52. The summed E-state index contributed by atoms with van der Waals surface area (Å²) < 4.78 is 0. The summed E-state index contributed by atoms with van der Waals surface area (Å²) in [5, 5.41) is 6.98. The number of amides is 2. The zero-order valence-electron chi connectivity index (χ0n) is 17.6. The first-order valence-electron chi connectivity index (χ1n) is 10.6. The molecule has 2 aromatic rings. The van der Waals surface area contributed by atoms with Gasteiger partial charge in [0.15, 0.2) is 0 Å². The van der Waals surface area contributed by atoms with Crippen molar-refractivity contribution in [3.63, 3.8) is 0 Å². The molecule has 4 rings (SSSR count). The molecule has 7 heteroatoms. The van der Waals surface area contributed by atoms with Gasteiger partial charge in [0.25, 0.3) is 5.91 Å². The van der Waals surface area contributed by atoms with E-state index in [1.54, 1.807) is 5.01 Å². The van der Waals surface area contributed by atoms with Gasteiger partial charge in [-0.25, -0.2) is 5.01 Å². The SMILES string of the molecule is Cc1cccc(C2=NN(C(=O)CN3CCC(C(N)=O)CC3)C(c3ccccc3Cl)C2)c1. The first-order valence-corrected chi connectivity index (χ1v) is 11.0. The van der Waals surface area contributed by atoms with Crippen LogP contribution in [-0.2, 0) is 9.59 Å². The number of hydrogen-bond donors (Lipinski definition) is 1. The quantitative estimate of drug-likeness (QED) is 0.775. The van der Waals surface area contributed by atoms with Crippen molar-refractivity contribution in [3.05, 3.63) is 70.2 Å². The van der Waals surface area contributed by atoms with Gasteiger partial charge in [0.05, 0.1) is 18.3 Å². The molecule has 0 radical (unpaired) electrons. The molecule has 2 aliphatic heterocycles. The molecule has 0 aromatic heterocycles. The van der Waals surface area contributed by atoms with E-state index in [1.807, 2.05) is 49.4 Å². The van der Waals surface area contributed by atoms with Crippen molar-refractivity contribution in [1.29, 1.82) is 0 Å². The molecular formula is C24H27ClN4O2. The maximum atomic E-state index is 13.3. The maximum absolute atomic E-state index is 13.3. The molecule has 0 bridgehead atoms. The van der Waals surface area contributed by atoms with Gasteiger partial charge < -0.3 is 5.73 Å². The van der Waals surface area contributed by atoms with Crippen LogP contribution in [0.1, 0.15) is 42.0 Å². The van der Waals surface area contributed by atoms with E-state index in [9.17, 15) is 9.59 Å². The molecule has 2 aliphatic rings. The van der Waals surface area contributed by atoms with Crippen LogP contribution in [0.15, 0.2) is 53.6 Å². The van der Waals surface area contributed by atoms with Gasteiger partial charge in [-0.05, 0) is 50.0 Å². The van der Waals surface area contributed by atoms with Crippen molar-refractivity contribution in [3.8, 4) is 0 Å². The lowest BCUT2D eigenvalue weighted by molar-refractivity contribution is -0.134. The van der Waals surface area contributed by atoms with Crippen molar-refractivity contribution in [2.75, 3.05) is 19.6 Å². The second-order valence-corrected chi connectivity index (χ2v) is 8.76. The fourth-order valence-electron chi connectivity index (χ4n) is 4.37. The van der Waals surface area contributed by atoms with Crippen molar-refractivity contribution in [2.24, 2.45) is 16.8 Å². The highest BCUT2D eigenvalue weighted by atomic mass is 35.5. The van der Waals surface area contributed by atoms with Crippen molar-refractivity contribution in [2.45, 2.75) is 32.2 Å². The fourth-order valence-corrected chi connectivity index (χ4v) is 4.63. The second kappa shape index (κ2) is 9.20. The van der Waals surface area contributed by atoms with Crippen molar-refractivity contribution >= 4 is 29.1 Å². The van der Waals surface area contributed by atoms with Gasteiger partial charge in [0.2, 0.25) is 5.91 Å². The van der Waals surface area contributed by atoms with Gasteiger partial charge in [-0.3, -0.25) is 14.5 Å². The number of nitrogens with two attached hydrogens (primary N) is 1. The number of carbonyl (C=O) groups excluding carboxylic acids is 2. The molecule has 0 saturated carbocycles. The fraction of sp³-hybridized carbons (Fsp3) is 0.375. The summed E-state index contributed by atoms with van der Waals surface area (Å²) in [6.07, 6.45) is 1.99. The van der Waals surface area contributed by atoms with Gasteiger partial charge in [-0.15, -0.1) is 0 Å². The minimum Gasteiger partial charge on any atom is -0.369 e. The first kappa shape index (κ1) is 21.5. The van der Waals surface area contributed by atoms with E-state index in [2.05, 4.69) is 11.0 Å². The lowest BCUT2D eigenvalue weighted by atomic mass is 9.96. The van der Waals surface area contributed by atoms with E-state index >= 15 is 0 Å². The highest BCUT2D eigenvalue weighted by Gasteiger charge is 2.35. The summed E-state index contributed by atoms with van der Waals surface area (Å²) in [5.74, 6) is -0.415. The monoisotopic (exact) mass is 438 g/mol. The lowest BCUT2D eigenvalue weighted by Crippen LogP contribution is -2.44. The largest absolute Gasteiger partial charge is 0.369 e. The minimum absolute atomic E-state index is 0.0647. The third-order valence-corrected chi connectivity index (χ3v) is 6.47. The predicted molar refractivity (Wildman–Crippen MR) is 122 cm³/mol. The van der Waals surface area contributed by atoms with Gasteiger partial charge >= 0.3 is 0 Å². The number of hydrogen-bond acceptors (Lipinski definition) is 4. The van der Waals surface area contributed by atoms with Crippen LogP contribution in [0.4, 0.5) is 0 Å². The number of benzene rings is 2. The number of halogens is 1. The molecule has 0 aliphatic carbocycles. The molecule has 1 fully saturated rings. The van der Waals surface area contributed by atoms with Gasteiger partial charge in [0, 0.05) is 17.4 Å². The summed E-state index contributed by atoms with van der Waals surface area (Å²) in [5.41, 5.74) is 9.38. The summed E-state index contributed by atoms with van der Waals surface area (Å²) in [6, 6.07) is 15.6. The molecular weight excluding hydrogens is 412 g/mol. The number of hydrazone groups is 1. The van der Waals surface area contributed by atoms with E-state index in [0.29, 0.717) is 37.4 Å². The van der Waals surface area contributed by atoms with Crippen LogP contribution in [0.3, 0.4) is 0 Å². The van der Waals surface area contributed by atoms with Crippen LogP contribution in [-0.4, -0.2) is 47.1 Å². The third kappa shape index (κ3) is 4.81. The van der Waals surface area contributed by atoms with E-state index in [-0.39, 0.29) is 30.3 Å².